The lowest BCUT2D eigenvalue weighted by molar-refractivity contribution is 0.0940. The standard InChI is InChI=1S/C16H17FN2O3S/c1-11(12-3-7-14(17)8-4-12)18-16(20)13-5-9-15(10-6-13)19-23(2,21)22/h3-11,19H,1-2H3,(H,18,20)/t11-/m0/s1. The number of anilines is 1. The first-order valence-corrected chi connectivity index (χ1v) is 8.78. The Morgan fingerprint density at radius 2 is 1.61 bits per heavy atom. The summed E-state index contributed by atoms with van der Waals surface area (Å²) in [5, 5.41) is 2.80. The molecule has 0 fully saturated rings. The molecule has 0 radical (unpaired) electrons. The summed E-state index contributed by atoms with van der Waals surface area (Å²) >= 11 is 0. The summed E-state index contributed by atoms with van der Waals surface area (Å²) in [4.78, 5) is 12.2. The number of rotatable bonds is 5. The minimum Gasteiger partial charge on any atom is -0.346 e. The van der Waals surface area contributed by atoms with Crippen molar-refractivity contribution in [2.24, 2.45) is 0 Å². The van der Waals surface area contributed by atoms with Crippen LogP contribution in [0.2, 0.25) is 0 Å². The fourth-order valence-electron chi connectivity index (χ4n) is 2.02. The van der Waals surface area contributed by atoms with E-state index in [4.69, 9.17) is 0 Å². The highest BCUT2D eigenvalue weighted by molar-refractivity contribution is 7.92. The predicted molar refractivity (Wildman–Crippen MR) is 87.2 cm³/mol. The van der Waals surface area contributed by atoms with Crippen LogP contribution in [0, 0.1) is 5.82 Å². The highest BCUT2D eigenvalue weighted by Crippen LogP contribution is 2.15. The van der Waals surface area contributed by atoms with Crippen molar-refractivity contribution in [3.8, 4) is 0 Å². The third-order valence-corrected chi connectivity index (χ3v) is 3.77. The Balaban J connectivity index is 2.04. The van der Waals surface area contributed by atoms with E-state index in [0.717, 1.165) is 11.8 Å². The average Bonchev–Trinajstić information content (AvgIpc) is 2.46. The Morgan fingerprint density at radius 1 is 1.04 bits per heavy atom. The van der Waals surface area contributed by atoms with Gasteiger partial charge < -0.3 is 5.32 Å². The van der Waals surface area contributed by atoms with Crippen LogP contribution in [0.4, 0.5) is 10.1 Å². The molecule has 2 aromatic rings. The molecular formula is C16H17FN2O3S. The van der Waals surface area contributed by atoms with Crippen LogP contribution in [-0.2, 0) is 10.0 Å². The zero-order valence-electron chi connectivity index (χ0n) is 12.7. The summed E-state index contributed by atoms with van der Waals surface area (Å²) in [6, 6.07) is 11.7. The number of amides is 1. The molecular weight excluding hydrogens is 319 g/mol. The monoisotopic (exact) mass is 336 g/mol. The van der Waals surface area contributed by atoms with Crippen molar-refractivity contribution in [1.29, 1.82) is 0 Å². The maximum atomic E-state index is 12.9. The van der Waals surface area contributed by atoms with Crippen LogP contribution in [0.5, 0.6) is 0 Å². The molecule has 0 aliphatic carbocycles. The maximum Gasteiger partial charge on any atom is 0.251 e. The van der Waals surface area contributed by atoms with Crippen molar-refractivity contribution in [2.45, 2.75) is 13.0 Å². The Morgan fingerprint density at radius 3 is 2.13 bits per heavy atom. The maximum absolute atomic E-state index is 12.9. The lowest BCUT2D eigenvalue weighted by Crippen LogP contribution is -2.26. The van der Waals surface area contributed by atoms with Gasteiger partial charge in [0.05, 0.1) is 12.3 Å². The SMILES string of the molecule is C[C@H](NC(=O)c1ccc(NS(C)(=O)=O)cc1)c1ccc(F)cc1. The molecule has 0 aliphatic heterocycles. The van der Waals surface area contributed by atoms with Crippen molar-refractivity contribution in [1.82, 2.24) is 5.32 Å². The van der Waals surface area contributed by atoms with Gasteiger partial charge in [0.2, 0.25) is 10.0 Å². The van der Waals surface area contributed by atoms with Crippen molar-refractivity contribution in [2.75, 3.05) is 11.0 Å². The van der Waals surface area contributed by atoms with Crippen molar-refractivity contribution in [3.63, 3.8) is 0 Å². The third-order valence-electron chi connectivity index (χ3n) is 3.17. The Kier molecular flexibility index (Phi) is 5.00. The quantitative estimate of drug-likeness (QED) is 0.881. The van der Waals surface area contributed by atoms with E-state index in [1.807, 2.05) is 0 Å². The number of hydrogen-bond donors (Lipinski definition) is 2. The van der Waals surface area contributed by atoms with E-state index in [2.05, 4.69) is 10.0 Å². The van der Waals surface area contributed by atoms with E-state index < -0.39 is 10.0 Å². The van der Waals surface area contributed by atoms with E-state index in [9.17, 15) is 17.6 Å². The molecule has 2 rings (SSSR count). The number of hydrogen-bond acceptors (Lipinski definition) is 3. The molecule has 0 unspecified atom stereocenters. The first-order valence-electron chi connectivity index (χ1n) is 6.89. The summed E-state index contributed by atoms with van der Waals surface area (Å²) in [5.74, 6) is -0.631. The molecule has 0 bridgehead atoms. The van der Waals surface area contributed by atoms with E-state index >= 15 is 0 Å². The van der Waals surface area contributed by atoms with Gasteiger partial charge in [0.1, 0.15) is 5.82 Å². The van der Waals surface area contributed by atoms with E-state index in [1.54, 1.807) is 19.1 Å². The second kappa shape index (κ2) is 6.78. The van der Waals surface area contributed by atoms with Gasteiger partial charge in [0.25, 0.3) is 5.91 Å². The van der Waals surface area contributed by atoms with Gasteiger partial charge in [-0.15, -0.1) is 0 Å². The van der Waals surface area contributed by atoms with Crippen molar-refractivity contribution >= 4 is 21.6 Å². The molecule has 122 valence electrons. The average molecular weight is 336 g/mol. The smallest absolute Gasteiger partial charge is 0.251 e. The first-order chi connectivity index (χ1) is 10.7. The second-order valence-electron chi connectivity index (χ2n) is 5.20. The zero-order valence-corrected chi connectivity index (χ0v) is 13.5. The van der Waals surface area contributed by atoms with Gasteiger partial charge in [-0.2, -0.15) is 0 Å². The largest absolute Gasteiger partial charge is 0.346 e. The molecule has 0 aromatic heterocycles. The minimum absolute atomic E-state index is 0.281. The lowest BCUT2D eigenvalue weighted by atomic mass is 10.1. The van der Waals surface area contributed by atoms with Crippen LogP contribution in [0.25, 0.3) is 0 Å². The van der Waals surface area contributed by atoms with Crippen LogP contribution in [0.15, 0.2) is 48.5 Å². The fourth-order valence-corrected chi connectivity index (χ4v) is 2.58. The summed E-state index contributed by atoms with van der Waals surface area (Å²) in [5.41, 5.74) is 1.57. The van der Waals surface area contributed by atoms with Crippen LogP contribution >= 0.6 is 0 Å². The van der Waals surface area contributed by atoms with Crippen molar-refractivity contribution in [3.05, 3.63) is 65.5 Å². The van der Waals surface area contributed by atoms with Gasteiger partial charge in [-0.1, -0.05) is 12.1 Å². The molecule has 5 nitrogen and oxygen atoms in total. The first kappa shape index (κ1) is 17.0. The van der Waals surface area contributed by atoms with Gasteiger partial charge >= 0.3 is 0 Å². The summed E-state index contributed by atoms with van der Waals surface area (Å²) in [6.45, 7) is 1.80. The third kappa shape index (κ3) is 5.07. The minimum atomic E-state index is -3.35. The van der Waals surface area contributed by atoms with Gasteiger partial charge in [0, 0.05) is 11.3 Å². The Labute approximate surface area is 134 Å². The zero-order chi connectivity index (χ0) is 17.0. The van der Waals surface area contributed by atoms with Gasteiger partial charge in [0.15, 0.2) is 0 Å². The molecule has 0 aliphatic rings. The van der Waals surface area contributed by atoms with Gasteiger partial charge in [-0.25, -0.2) is 12.8 Å². The summed E-state index contributed by atoms with van der Waals surface area (Å²) in [6.07, 6.45) is 1.05. The highest BCUT2D eigenvalue weighted by Gasteiger charge is 2.12. The molecule has 0 saturated carbocycles. The molecule has 0 heterocycles. The van der Waals surface area contributed by atoms with Crippen LogP contribution in [-0.4, -0.2) is 20.6 Å². The molecule has 1 amide bonds. The van der Waals surface area contributed by atoms with Crippen LogP contribution in [0.1, 0.15) is 28.9 Å². The summed E-state index contributed by atoms with van der Waals surface area (Å²) < 4.78 is 37.5. The molecule has 0 spiro atoms. The van der Waals surface area contributed by atoms with Crippen LogP contribution in [0.3, 0.4) is 0 Å². The Bertz CT molecular complexity index is 787. The molecule has 2 N–H and O–H groups in total. The normalized spacial score (nSPS) is 12.5. The molecule has 1 atom stereocenters. The van der Waals surface area contributed by atoms with Crippen molar-refractivity contribution < 1.29 is 17.6 Å². The van der Waals surface area contributed by atoms with Crippen LogP contribution < -0.4 is 10.0 Å². The number of sulfonamides is 1. The molecule has 2 aromatic carbocycles. The number of benzene rings is 2. The van der Waals surface area contributed by atoms with E-state index in [1.165, 1.54) is 36.4 Å². The fraction of sp³-hybridized carbons (Fsp3) is 0.188. The molecule has 0 saturated heterocycles. The number of carbonyl (C=O) groups excluding carboxylic acids is 1. The number of nitrogens with one attached hydrogen (secondary N) is 2. The van der Waals surface area contributed by atoms with Gasteiger partial charge in [-0.3, -0.25) is 9.52 Å². The van der Waals surface area contributed by atoms with E-state index in [0.29, 0.717) is 11.3 Å². The molecule has 7 heteroatoms. The number of carbonyl (C=O) groups is 1. The summed E-state index contributed by atoms with van der Waals surface area (Å²) in [7, 11) is -3.35. The Hall–Kier alpha value is -2.41. The highest BCUT2D eigenvalue weighted by atomic mass is 32.2. The van der Waals surface area contributed by atoms with E-state index in [-0.39, 0.29) is 17.8 Å². The molecule has 23 heavy (non-hydrogen) atoms. The number of halogens is 1. The topological polar surface area (TPSA) is 75.3 Å². The lowest BCUT2D eigenvalue weighted by Gasteiger charge is -2.14. The predicted octanol–water partition coefficient (Wildman–Crippen LogP) is 2.69. The second-order valence-corrected chi connectivity index (χ2v) is 6.95. The van der Waals surface area contributed by atoms with Gasteiger partial charge in [-0.05, 0) is 48.9 Å².